The monoisotopic (exact) mass is 292 g/mol. The highest BCUT2D eigenvalue weighted by Gasteiger charge is 2.18. The molecule has 3 heterocycles. The molecule has 1 unspecified atom stereocenters. The Morgan fingerprint density at radius 3 is 3.20 bits per heavy atom. The molecule has 1 aliphatic heterocycles. The van der Waals surface area contributed by atoms with E-state index in [0.717, 1.165) is 31.9 Å². The number of nitrogens with zero attached hydrogens (tertiary/aromatic N) is 2. The van der Waals surface area contributed by atoms with E-state index in [1.54, 1.807) is 23.6 Å². The first-order chi connectivity index (χ1) is 9.81. The van der Waals surface area contributed by atoms with Gasteiger partial charge in [0, 0.05) is 30.5 Å². The third kappa shape index (κ3) is 3.17. The van der Waals surface area contributed by atoms with E-state index in [0.29, 0.717) is 11.7 Å². The van der Waals surface area contributed by atoms with Gasteiger partial charge in [-0.05, 0) is 17.9 Å². The number of hydrogen-bond donors (Lipinski definition) is 2. The predicted molar refractivity (Wildman–Crippen MR) is 78.1 cm³/mol. The van der Waals surface area contributed by atoms with E-state index in [2.05, 4.69) is 15.7 Å². The fraction of sp³-hybridized carbons (Fsp3) is 0.385. The number of rotatable bonds is 4. The SMILES string of the molecule is O=C(Nc1ccsc1)Nc1ccnn1CC1CCOC1. The number of carbonyl (C=O) groups is 1. The Bertz CT molecular complexity index is 561. The van der Waals surface area contributed by atoms with Gasteiger partial charge in [-0.15, -0.1) is 0 Å². The van der Waals surface area contributed by atoms with Crippen molar-refractivity contribution in [3.63, 3.8) is 0 Å². The largest absolute Gasteiger partial charge is 0.381 e. The van der Waals surface area contributed by atoms with E-state index < -0.39 is 0 Å². The lowest BCUT2D eigenvalue weighted by Crippen LogP contribution is -2.22. The summed E-state index contributed by atoms with van der Waals surface area (Å²) in [4.78, 5) is 11.9. The van der Waals surface area contributed by atoms with Crippen LogP contribution in [-0.2, 0) is 11.3 Å². The average molecular weight is 292 g/mol. The van der Waals surface area contributed by atoms with Crippen molar-refractivity contribution in [1.29, 1.82) is 0 Å². The van der Waals surface area contributed by atoms with Crippen LogP contribution in [0.25, 0.3) is 0 Å². The lowest BCUT2D eigenvalue weighted by Gasteiger charge is -2.12. The number of anilines is 2. The van der Waals surface area contributed by atoms with Gasteiger partial charge >= 0.3 is 6.03 Å². The van der Waals surface area contributed by atoms with E-state index in [9.17, 15) is 4.79 Å². The maximum atomic E-state index is 11.9. The van der Waals surface area contributed by atoms with Gasteiger partial charge in [0.15, 0.2) is 0 Å². The van der Waals surface area contributed by atoms with Crippen molar-refractivity contribution < 1.29 is 9.53 Å². The van der Waals surface area contributed by atoms with Crippen molar-refractivity contribution in [1.82, 2.24) is 9.78 Å². The minimum absolute atomic E-state index is 0.257. The molecule has 2 amide bonds. The van der Waals surface area contributed by atoms with Crippen LogP contribution in [0, 0.1) is 5.92 Å². The summed E-state index contributed by atoms with van der Waals surface area (Å²) in [6, 6.07) is 3.40. The summed E-state index contributed by atoms with van der Waals surface area (Å²) in [6.45, 7) is 2.34. The summed E-state index contributed by atoms with van der Waals surface area (Å²) in [5.41, 5.74) is 0.794. The molecular weight excluding hydrogens is 276 g/mol. The molecule has 1 atom stereocenters. The van der Waals surface area contributed by atoms with Crippen LogP contribution in [0.4, 0.5) is 16.3 Å². The highest BCUT2D eigenvalue weighted by atomic mass is 32.1. The van der Waals surface area contributed by atoms with Crippen molar-refractivity contribution in [3.05, 3.63) is 29.1 Å². The molecule has 0 bridgehead atoms. The molecule has 1 fully saturated rings. The van der Waals surface area contributed by atoms with Crippen LogP contribution in [0.3, 0.4) is 0 Å². The summed E-state index contributed by atoms with van der Waals surface area (Å²) in [5, 5.41) is 13.6. The number of urea groups is 1. The van der Waals surface area contributed by atoms with Crippen molar-refractivity contribution in [2.75, 3.05) is 23.8 Å². The van der Waals surface area contributed by atoms with Crippen LogP contribution in [0.1, 0.15) is 6.42 Å². The van der Waals surface area contributed by atoms with Gasteiger partial charge in [0.25, 0.3) is 0 Å². The van der Waals surface area contributed by atoms with Crippen molar-refractivity contribution >= 4 is 28.9 Å². The third-order valence-electron chi connectivity index (χ3n) is 3.19. The Hall–Kier alpha value is -1.86. The Morgan fingerprint density at radius 1 is 1.50 bits per heavy atom. The molecule has 0 radical (unpaired) electrons. The summed E-state index contributed by atoms with van der Waals surface area (Å²) in [6.07, 6.45) is 2.73. The smallest absolute Gasteiger partial charge is 0.324 e. The number of thiophene rings is 1. The van der Waals surface area contributed by atoms with Crippen molar-refractivity contribution in [2.45, 2.75) is 13.0 Å². The molecule has 1 aliphatic rings. The van der Waals surface area contributed by atoms with Gasteiger partial charge in [-0.3, -0.25) is 5.32 Å². The fourth-order valence-corrected chi connectivity index (χ4v) is 2.76. The molecular formula is C13H16N4O2S. The predicted octanol–water partition coefficient (Wildman–Crippen LogP) is 2.63. The Kier molecular flexibility index (Phi) is 3.98. The molecule has 106 valence electrons. The summed E-state index contributed by atoms with van der Waals surface area (Å²) in [7, 11) is 0. The van der Waals surface area contributed by atoms with Gasteiger partial charge in [-0.1, -0.05) is 0 Å². The molecule has 2 N–H and O–H groups in total. The Morgan fingerprint density at radius 2 is 2.45 bits per heavy atom. The number of amides is 2. The van der Waals surface area contributed by atoms with E-state index in [4.69, 9.17) is 4.74 Å². The highest BCUT2D eigenvalue weighted by Crippen LogP contribution is 2.18. The molecule has 2 aromatic heterocycles. The molecule has 2 aromatic rings. The highest BCUT2D eigenvalue weighted by molar-refractivity contribution is 7.08. The van der Waals surface area contributed by atoms with Gasteiger partial charge < -0.3 is 10.1 Å². The second-order valence-corrected chi connectivity index (χ2v) is 5.50. The first-order valence-corrected chi connectivity index (χ1v) is 7.45. The molecule has 0 aliphatic carbocycles. The van der Waals surface area contributed by atoms with Crippen LogP contribution < -0.4 is 10.6 Å². The Labute approximate surface area is 120 Å². The lowest BCUT2D eigenvalue weighted by molar-refractivity contribution is 0.181. The van der Waals surface area contributed by atoms with Gasteiger partial charge in [0.2, 0.25) is 0 Å². The van der Waals surface area contributed by atoms with Gasteiger partial charge in [-0.25, -0.2) is 9.48 Å². The summed E-state index contributed by atoms with van der Waals surface area (Å²) in [5.74, 6) is 1.17. The second-order valence-electron chi connectivity index (χ2n) is 4.72. The topological polar surface area (TPSA) is 68.2 Å². The Balaban J connectivity index is 1.59. The minimum atomic E-state index is -0.257. The quantitative estimate of drug-likeness (QED) is 0.910. The summed E-state index contributed by atoms with van der Waals surface area (Å²) >= 11 is 1.54. The first-order valence-electron chi connectivity index (χ1n) is 6.51. The number of nitrogens with one attached hydrogen (secondary N) is 2. The molecule has 7 heteroatoms. The molecule has 0 saturated carbocycles. The van der Waals surface area contributed by atoms with Crippen LogP contribution in [0.2, 0.25) is 0 Å². The first kappa shape index (κ1) is 13.1. The van der Waals surface area contributed by atoms with Gasteiger partial charge in [0.05, 0.1) is 18.5 Å². The van der Waals surface area contributed by atoms with E-state index in [-0.39, 0.29) is 6.03 Å². The van der Waals surface area contributed by atoms with Crippen molar-refractivity contribution in [3.8, 4) is 0 Å². The number of carbonyl (C=O) groups excluding carboxylic acids is 1. The van der Waals surface area contributed by atoms with Crippen molar-refractivity contribution in [2.24, 2.45) is 5.92 Å². The maximum Gasteiger partial charge on any atom is 0.324 e. The lowest BCUT2D eigenvalue weighted by atomic mass is 10.1. The second kappa shape index (κ2) is 6.06. The average Bonchev–Trinajstić information content (AvgIpc) is 3.14. The van der Waals surface area contributed by atoms with Crippen LogP contribution in [0.5, 0.6) is 0 Å². The fourth-order valence-electron chi connectivity index (χ4n) is 2.17. The molecule has 6 nitrogen and oxygen atoms in total. The molecule has 20 heavy (non-hydrogen) atoms. The third-order valence-corrected chi connectivity index (χ3v) is 3.88. The van der Waals surface area contributed by atoms with Gasteiger partial charge in [0.1, 0.15) is 5.82 Å². The molecule has 1 saturated heterocycles. The number of ether oxygens (including phenoxy) is 1. The minimum Gasteiger partial charge on any atom is -0.381 e. The maximum absolute atomic E-state index is 11.9. The zero-order valence-corrected chi connectivity index (χ0v) is 11.7. The van der Waals surface area contributed by atoms with Gasteiger partial charge in [-0.2, -0.15) is 16.4 Å². The number of aromatic nitrogens is 2. The van der Waals surface area contributed by atoms with E-state index in [1.807, 2.05) is 21.5 Å². The molecule has 0 aromatic carbocycles. The number of hydrogen-bond acceptors (Lipinski definition) is 4. The van der Waals surface area contributed by atoms with E-state index in [1.165, 1.54) is 0 Å². The summed E-state index contributed by atoms with van der Waals surface area (Å²) < 4.78 is 7.17. The zero-order valence-electron chi connectivity index (χ0n) is 10.9. The van der Waals surface area contributed by atoms with Crippen LogP contribution in [-0.4, -0.2) is 29.0 Å². The molecule has 0 spiro atoms. The standard InChI is InChI=1S/C13H16N4O2S/c18-13(15-11-3-6-20-9-11)16-12-1-4-14-17(12)7-10-2-5-19-8-10/h1,3-4,6,9-10H,2,5,7-8H2,(H2,15,16,18). The van der Waals surface area contributed by atoms with Crippen LogP contribution in [0.15, 0.2) is 29.1 Å². The van der Waals surface area contributed by atoms with Crippen LogP contribution >= 0.6 is 11.3 Å². The normalized spacial score (nSPS) is 18.1. The molecule has 3 rings (SSSR count). The zero-order chi connectivity index (χ0) is 13.8. The van der Waals surface area contributed by atoms with E-state index >= 15 is 0 Å².